The quantitative estimate of drug-likeness (QED) is 0.452. The molecule has 0 fully saturated rings. The molecule has 0 aromatic heterocycles. The van der Waals surface area contributed by atoms with Crippen molar-refractivity contribution in [3.05, 3.63) is 23.8 Å². The summed E-state index contributed by atoms with van der Waals surface area (Å²) in [7, 11) is 0. The Labute approximate surface area is 115 Å². The number of ketones is 1. The molecule has 0 heterocycles. The normalized spacial score (nSPS) is 11.6. The van der Waals surface area contributed by atoms with Gasteiger partial charge in [0.25, 0.3) is 0 Å². The van der Waals surface area contributed by atoms with Gasteiger partial charge in [-0.15, -0.1) is 24.8 Å². The third-order valence-corrected chi connectivity index (χ3v) is 2.22. The van der Waals surface area contributed by atoms with Gasteiger partial charge in [0.05, 0.1) is 5.56 Å². The molecule has 0 amide bonds. The highest BCUT2D eigenvalue weighted by Crippen LogP contribution is 2.37. The van der Waals surface area contributed by atoms with Crippen LogP contribution < -0.4 is 9.47 Å². The maximum Gasteiger partial charge on any atom is 0.573 e. The molecule has 0 radical (unpaired) electrons. The highest BCUT2D eigenvalue weighted by atomic mass is 35.5. The topological polar surface area (TPSA) is 35.5 Å². The summed E-state index contributed by atoms with van der Waals surface area (Å²) < 4.78 is 68.7. The maximum absolute atomic E-state index is 12.3. The van der Waals surface area contributed by atoms with Crippen molar-refractivity contribution in [2.24, 2.45) is 0 Å². The molecule has 0 spiro atoms. The van der Waals surface area contributed by atoms with Crippen molar-refractivity contribution in [2.75, 3.05) is 5.88 Å². The van der Waals surface area contributed by atoms with Gasteiger partial charge >= 0.3 is 13.0 Å². The van der Waals surface area contributed by atoms with Crippen LogP contribution >= 0.6 is 11.6 Å². The minimum atomic E-state index is -5.16. The van der Waals surface area contributed by atoms with Gasteiger partial charge in [-0.2, -0.15) is 8.78 Å². The Morgan fingerprint density at radius 3 is 2.45 bits per heavy atom. The summed E-state index contributed by atoms with van der Waals surface area (Å²) in [6.07, 6.45) is -5.43. The second kappa shape index (κ2) is 6.74. The van der Waals surface area contributed by atoms with Gasteiger partial charge in [-0.3, -0.25) is 4.79 Å². The van der Waals surface area contributed by atoms with Crippen LogP contribution in [0.2, 0.25) is 0 Å². The van der Waals surface area contributed by atoms with E-state index in [1.165, 1.54) is 0 Å². The largest absolute Gasteiger partial charge is 0.573 e. The van der Waals surface area contributed by atoms with Crippen LogP contribution in [0.5, 0.6) is 11.5 Å². The van der Waals surface area contributed by atoms with Crippen molar-refractivity contribution in [1.29, 1.82) is 0 Å². The number of ether oxygens (including phenoxy) is 2. The SMILES string of the molecule is O=C(CCCl)c1cccc(OC(F)F)c1OC(F)(F)F. The molecule has 0 aliphatic heterocycles. The molecule has 0 N–H and O–H groups in total. The molecule has 0 atom stereocenters. The minimum absolute atomic E-state index is 0.135. The van der Waals surface area contributed by atoms with E-state index in [1.54, 1.807) is 0 Å². The van der Waals surface area contributed by atoms with E-state index in [2.05, 4.69) is 9.47 Å². The Balaban J connectivity index is 3.24. The average Bonchev–Trinajstić information content (AvgIpc) is 2.29. The van der Waals surface area contributed by atoms with Gasteiger partial charge in [-0.25, -0.2) is 0 Å². The van der Waals surface area contributed by atoms with E-state index in [9.17, 15) is 26.7 Å². The first-order valence-corrected chi connectivity index (χ1v) is 5.70. The highest BCUT2D eigenvalue weighted by Gasteiger charge is 2.35. The molecular formula is C11H8ClF5O3. The van der Waals surface area contributed by atoms with Crippen molar-refractivity contribution < 1.29 is 36.2 Å². The van der Waals surface area contributed by atoms with Gasteiger partial charge in [0.15, 0.2) is 17.3 Å². The average molecular weight is 319 g/mol. The summed E-state index contributed by atoms with van der Waals surface area (Å²) in [4.78, 5) is 11.6. The fourth-order valence-corrected chi connectivity index (χ4v) is 1.54. The zero-order chi connectivity index (χ0) is 15.3. The summed E-state index contributed by atoms with van der Waals surface area (Å²) in [6, 6.07) is 2.95. The first kappa shape index (κ1) is 16.5. The monoisotopic (exact) mass is 318 g/mol. The number of para-hydroxylation sites is 1. The van der Waals surface area contributed by atoms with Gasteiger partial charge in [-0.05, 0) is 12.1 Å². The number of hydrogen-bond acceptors (Lipinski definition) is 3. The van der Waals surface area contributed by atoms with Crippen molar-refractivity contribution in [2.45, 2.75) is 19.4 Å². The first-order chi connectivity index (χ1) is 9.24. The van der Waals surface area contributed by atoms with Gasteiger partial charge in [0.1, 0.15) is 0 Å². The van der Waals surface area contributed by atoms with Gasteiger partial charge in [-0.1, -0.05) is 6.07 Å². The number of alkyl halides is 6. The number of halogens is 6. The van der Waals surface area contributed by atoms with Crippen LogP contribution in [0.3, 0.4) is 0 Å². The molecule has 0 bridgehead atoms. The Hall–Kier alpha value is -1.57. The Kier molecular flexibility index (Phi) is 5.55. The van der Waals surface area contributed by atoms with Crippen molar-refractivity contribution in [1.82, 2.24) is 0 Å². The minimum Gasteiger partial charge on any atom is -0.431 e. The lowest BCUT2D eigenvalue weighted by atomic mass is 10.1. The van der Waals surface area contributed by atoms with E-state index in [-0.39, 0.29) is 12.3 Å². The van der Waals surface area contributed by atoms with E-state index in [4.69, 9.17) is 11.6 Å². The van der Waals surface area contributed by atoms with Crippen LogP contribution in [0.1, 0.15) is 16.8 Å². The molecule has 112 valence electrons. The Morgan fingerprint density at radius 1 is 1.30 bits per heavy atom. The predicted octanol–water partition coefficient (Wildman–Crippen LogP) is 4.00. The summed E-state index contributed by atoms with van der Waals surface area (Å²) in [6.45, 7) is -3.36. The van der Waals surface area contributed by atoms with E-state index >= 15 is 0 Å². The second-order valence-electron chi connectivity index (χ2n) is 3.42. The molecule has 20 heavy (non-hydrogen) atoms. The van der Waals surface area contributed by atoms with Crippen LogP contribution in [0.15, 0.2) is 18.2 Å². The summed E-state index contributed by atoms with van der Waals surface area (Å²) in [5, 5.41) is 0. The molecule has 0 aliphatic carbocycles. The molecule has 0 saturated heterocycles. The second-order valence-corrected chi connectivity index (χ2v) is 3.80. The highest BCUT2D eigenvalue weighted by molar-refractivity contribution is 6.19. The van der Waals surface area contributed by atoms with E-state index < -0.39 is 35.8 Å². The lowest BCUT2D eigenvalue weighted by Gasteiger charge is -2.16. The summed E-state index contributed by atoms with van der Waals surface area (Å²) in [5.74, 6) is -2.89. The lowest BCUT2D eigenvalue weighted by Crippen LogP contribution is -2.20. The van der Waals surface area contributed by atoms with Crippen LogP contribution in [0.25, 0.3) is 0 Å². The predicted molar refractivity (Wildman–Crippen MR) is 59.4 cm³/mol. The van der Waals surface area contributed by atoms with Crippen LogP contribution in [-0.4, -0.2) is 24.6 Å². The van der Waals surface area contributed by atoms with Crippen molar-refractivity contribution in [3.8, 4) is 11.5 Å². The van der Waals surface area contributed by atoms with Crippen LogP contribution in [0.4, 0.5) is 22.0 Å². The zero-order valence-corrected chi connectivity index (χ0v) is 10.5. The summed E-state index contributed by atoms with van der Waals surface area (Å²) in [5.41, 5.74) is -0.527. The van der Waals surface area contributed by atoms with Gasteiger partial charge in [0, 0.05) is 12.3 Å². The van der Waals surface area contributed by atoms with E-state index in [0.717, 1.165) is 18.2 Å². The molecule has 0 saturated carbocycles. The fourth-order valence-electron chi connectivity index (χ4n) is 1.37. The molecule has 1 aromatic rings. The zero-order valence-electron chi connectivity index (χ0n) is 9.72. The molecule has 3 nitrogen and oxygen atoms in total. The summed E-state index contributed by atoms with van der Waals surface area (Å²) >= 11 is 5.32. The number of carbonyl (C=O) groups excluding carboxylic acids is 1. The van der Waals surface area contributed by atoms with Crippen LogP contribution in [0, 0.1) is 0 Å². The van der Waals surface area contributed by atoms with Gasteiger partial charge in [0.2, 0.25) is 0 Å². The molecular weight excluding hydrogens is 311 g/mol. The Bertz CT molecular complexity index is 476. The van der Waals surface area contributed by atoms with E-state index in [0.29, 0.717) is 0 Å². The standard InChI is InChI=1S/C11H8ClF5O3/c12-5-4-7(18)6-2-1-3-8(19-10(13)14)9(6)20-11(15,16)17/h1-3,10H,4-5H2. The number of rotatable bonds is 6. The van der Waals surface area contributed by atoms with E-state index in [1.807, 2.05) is 0 Å². The third kappa shape index (κ3) is 4.84. The van der Waals surface area contributed by atoms with Crippen molar-refractivity contribution in [3.63, 3.8) is 0 Å². The smallest absolute Gasteiger partial charge is 0.431 e. The Morgan fingerprint density at radius 2 is 1.95 bits per heavy atom. The number of carbonyl (C=O) groups is 1. The number of Topliss-reactive ketones (excluding diaryl/α,β-unsaturated/α-hetero) is 1. The number of benzene rings is 1. The van der Waals surface area contributed by atoms with Crippen LogP contribution in [-0.2, 0) is 0 Å². The fraction of sp³-hybridized carbons (Fsp3) is 0.364. The number of hydrogen-bond donors (Lipinski definition) is 0. The molecule has 0 unspecified atom stereocenters. The first-order valence-electron chi connectivity index (χ1n) is 5.17. The molecule has 0 aliphatic rings. The molecule has 1 rings (SSSR count). The maximum atomic E-state index is 12.3. The van der Waals surface area contributed by atoms with Gasteiger partial charge < -0.3 is 9.47 Å². The van der Waals surface area contributed by atoms with Crippen molar-refractivity contribution >= 4 is 17.4 Å². The molecule has 1 aromatic carbocycles. The molecule has 9 heteroatoms. The third-order valence-electron chi connectivity index (χ3n) is 2.03. The lowest BCUT2D eigenvalue weighted by molar-refractivity contribution is -0.275.